The number of nitrogens with one attached hydrogen (secondary N) is 2. The Kier molecular flexibility index (Phi) is 3.55. The first-order valence-electron chi connectivity index (χ1n) is 8.62. The lowest BCUT2D eigenvalue weighted by atomic mass is 10.1. The molecular weight excluding hydrogens is 352 g/mol. The highest BCUT2D eigenvalue weighted by Gasteiger charge is 2.13. The fraction of sp³-hybridized carbons (Fsp3) is 0. The molecule has 8 heteroatoms. The molecule has 8 nitrogen and oxygen atoms in total. The number of aromatic nitrogens is 6. The van der Waals surface area contributed by atoms with Gasteiger partial charge in [0.25, 0.3) is 0 Å². The second-order valence-corrected chi connectivity index (χ2v) is 6.25. The molecule has 0 saturated carbocycles. The lowest BCUT2D eigenvalue weighted by Crippen LogP contribution is -2.16. The lowest BCUT2D eigenvalue weighted by molar-refractivity contribution is 0.855. The number of hydrogen-bond acceptors (Lipinski definition) is 6. The summed E-state index contributed by atoms with van der Waals surface area (Å²) in [6, 6.07) is 22.2. The van der Waals surface area contributed by atoms with E-state index in [2.05, 4.69) is 20.6 Å². The number of fused-ring (bicyclic) bond motifs is 2. The Morgan fingerprint density at radius 2 is 0.964 bits per heavy atom. The Morgan fingerprint density at radius 3 is 1.39 bits per heavy atom. The van der Waals surface area contributed by atoms with Crippen molar-refractivity contribution in [1.29, 1.82) is 10.8 Å². The second kappa shape index (κ2) is 6.20. The maximum absolute atomic E-state index is 8.47. The van der Waals surface area contributed by atoms with Crippen LogP contribution in [0.15, 0.2) is 72.8 Å². The van der Waals surface area contributed by atoms with Gasteiger partial charge in [-0.3, -0.25) is 10.8 Å². The zero-order valence-corrected chi connectivity index (χ0v) is 14.6. The fourth-order valence-electron chi connectivity index (χ4n) is 3.10. The van der Waals surface area contributed by atoms with Crippen molar-refractivity contribution in [1.82, 2.24) is 30.0 Å². The minimum atomic E-state index is 0.220. The summed E-state index contributed by atoms with van der Waals surface area (Å²) in [5.41, 5.74) is 4.38. The average Bonchev–Trinajstić information content (AvgIpc) is 3.37. The summed E-state index contributed by atoms with van der Waals surface area (Å²) in [6.07, 6.45) is 0. The van der Waals surface area contributed by atoms with Crippen LogP contribution in [0.25, 0.3) is 22.1 Å². The van der Waals surface area contributed by atoms with Crippen molar-refractivity contribution in [3.05, 3.63) is 83.9 Å². The van der Waals surface area contributed by atoms with Crippen molar-refractivity contribution in [2.24, 2.45) is 0 Å². The molecule has 0 saturated heterocycles. The van der Waals surface area contributed by atoms with Crippen molar-refractivity contribution in [3.8, 4) is 0 Å². The van der Waals surface area contributed by atoms with Crippen molar-refractivity contribution in [3.63, 3.8) is 0 Å². The van der Waals surface area contributed by atoms with Gasteiger partial charge in [-0.05, 0) is 24.3 Å². The van der Waals surface area contributed by atoms with Gasteiger partial charge in [-0.15, -0.1) is 10.2 Å². The summed E-state index contributed by atoms with van der Waals surface area (Å²) in [6.45, 7) is 0. The molecule has 0 aliphatic carbocycles. The summed E-state index contributed by atoms with van der Waals surface area (Å²) in [5.74, 6) is 0.441. The fourth-order valence-corrected chi connectivity index (χ4v) is 3.10. The van der Waals surface area contributed by atoms with E-state index in [1.807, 2.05) is 48.5 Å². The SMILES string of the molecule is N=C(c1ccc(C(=N)n2nnc3ccccc32)cc1)n1nnc2ccccc21. The quantitative estimate of drug-likeness (QED) is 0.370. The Hall–Kier alpha value is -4.20. The minimum Gasteiger partial charge on any atom is -0.282 e. The molecule has 0 atom stereocenters. The first-order chi connectivity index (χ1) is 13.7. The van der Waals surface area contributed by atoms with Gasteiger partial charge in [-0.25, -0.2) is 0 Å². The number of benzene rings is 3. The van der Waals surface area contributed by atoms with E-state index in [4.69, 9.17) is 10.8 Å². The van der Waals surface area contributed by atoms with E-state index in [-0.39, 0.29) is 11.7 Å². The molecule has 0 fully saturated rings. The summed E-state index contributed by atoms with van der Waals surface area (Å²) < 4.78 is 3.00. The van der Waals surface area contributed by atoms with Crippen LogP contribution >= 0.6 is 0 Å². The third-order valence-corrected chi connectivity index (χ3v) is 4.56. The maximum Gasteiger partial charge on any atom is 0.155 e. The maximum atomic E-state index is 8.47. The van der Waals surface area contributed by atoms with E-state index in [0.29, 0.717) is 11.1 Å². The Morgan fingerprint density at radius 1 is 0.571 bits per heavy atom. The van der Waals surface area contributed by atoms with Gasteiger partial charge in [-0.2, -0.15) is 9.36 Å². The predicted molar refractivity (Wildman–Crippen MR) is 106 cm³/mol. The highest BCUT2D eigenvalue weighted by atomic mass is 15.4. The first-order valence-corrected chi connectivity index (χ1v) is 8.62. The van der Waals surface area contributed by atoms with Gasteiger partial charge in [0.05, 0.1) is 11.0 Å². The molecule has 3 aromatic carbocycles. The van der Waals surface area contributed by atoms with E-state index in [1.54, 1.807) is 24.3 Å². The van der Waals surface area contributed by atoms with Crippen LogP contribution in [-0.4, -0.2) is 41.7 Å². The zero-order chi connectivity index (χ0) is 19.1. The summed E-state index contributed by atoms with van der Waals surface area (Å²) in [4.78, 5) is 0. The molecule has 5 aromatic rings. The topological polar surface area (TPSA) is 109 Å². The smallest absolute Gasteiger partial charge is 0.155 e. The molecule has 134 valence electrons. The second-order valence-electron chi connectivity index (χ2n) is 6.25. The standard InChI is InChI=1S/C20H14N8/c21-19(27-17-7-3-1-5-15(17)23-25-27)13-9-11-14(12-10-13)20(22)28-18-8-4-2-6-16(18)24-26-28/h1-12,21-22H. The lowest BCUT2D eigenvalue weighted by Gasteiger charge is -2.08. The molecule has 0 unspecified atom stereocenters. The van der Waals surface area contributed by atoms with Crippen molar-refractivity contribution in [2.45, 2.75) is 0 Å². The van der Waals surface area contributed by atoms with Gasteiger partial charge in [-0.1, -0.05) is 59.0 Å². The van der Waals surface area contributed by atoms with E-state index in [1.165, 1.54) is 9.36 Å². The molecule has 2 heterocycles. The van der Waals surface area contributed by atoms with E-state index < -0.39 is 0 Å². The van der Waals surface area contributed by atoms with Crippen LogP contribution in [0.2, 0.25) is 0 Å². The number of hydrogen-bond donors (Lipinski definition) is 2. The zero-order valence-electron chi connectivity index (χ0n) is 14.6. The van der Waals surface area contributed by atoms with Crippen molar-refractivity contribution in [2.75, 3.05) is 0 Å². The average molecular weight is 366 g/mol. The number of para-hydroxylation sites is 2. The molecule has 2 N–H and O–H groups in total. The highest BCUT2D eigenvalue weighted by molar-refractivity contribution is 6.04. The van der Waals surface area contributed by atoms with Crippen LogP contribution in [-0.2, 0) is 0 Å². The molecule has 0 amide bonds. The van der Waals surface area contributed by atoms with Gasteiger partial charge < -0.3 is 0 Å². The molecular formula is C20H14N8. The molecule has 0 aliphatic rings. The number of nitrogens with zero attached hydrogens (tertiary/aromatic N) is 6. The predicted octanol–water partition coefficient (Wildman–Crippen LogP) is 2.92. The van der Waals surface area contributed by atoms with Gasteiger partial charge in [0, 0.05) is 11.1 Å². The Bertz CT molecular complexity index is 1240. The van der Waals surface area contributed by atoms with Gasteiger partial charge in [0.1, 0.15) is 11.0 Å². The van der Waals surface area contributed by atoms with E-state index in [9.17, 15) is 0 Å². The van der Waals surface area contributed by atoms with Crippen LogP contribution < -0.4 is 0 Å². The third-order valence-electron chi connectivity index (χ3n) is 4.56. The summed E-state index contributed by atoms with van der Waals surface area (Å²) >= 11 is 0. The largest absolute Gasteiger partial charge is 0.282 e. The van der Waals surface area contributed by atoms with Crippen LogP contribution in [0, 0.1) is 10.8 Å². The Labute approximate surface area is 159 Å². The third kappa shape index (κ3) is 2.47. The van der Waals surface area contributed by atoms with Gasteiger partial charge >= 0.3 is 0 Å². The molecule has 28 heavy (non-hydrogen) atoms. The molecule has 0 spiro atoms. The normalized spacial score (nSPS) is 11.1. The molecule has 0 bridgehead atoms. The molecule has 0 aliphatic heterocycles. The van der Waals surface area contributed by atoms with Crippen LogP contribution in [0.4, 0.5) is 0 Å². The number of rotatable bonds is 2. The van der Waals surface area contributed by atoms with Crippen LogP contribution in [0.3, 0.4) is 0 Å². The minimum absolute atomic E-state index is 0.220. The monoisotopic (exact) mass is 366 g/mol. The summed E-state index contributed by atoms with van der Waals surface area (Å²) in [5, 5.41) is 33.3. The molecule has 0 radical (unpaired) electrons. The van der Waals surface area contributed by atoms with E-state index >= 15 is 0 Å². The van der Waals surface area contributed by atoms with Gasteiger partial charge in [0.2, 0.25) is 0 Å². The molecule has 5 rings (SSSR count). The van der Waals surface area contributed by atoms with Gasteiger partial charge in [0.15, 0.2) is 11.7 Å². The van der Waals surface area contributed by atoms with Crippen LogP contribution in [0.1, 0.15) is 11.1 Å². The highest BCUT2D eigenvalue weighted by Crippen LogP contribution is 2.15. The van der Waals surface area contributed by atoms with Crippen molar-refractivity contribution < 1.29 is 0 Å². The van der Waals surface area contributed by atoms with Crippen LogP contribution in [0.5, 0.6) is 0 Å². The Balaban J connectivity index is 1.47. The summed E-state index contributed by atoms with van der Waals surface area (Å²) in [7, 11) is 0. The van der Waals surface area contributed by atoms with E-state index in [0.717, 1.165) is 22.1 Å². The first kappa shape index (κ1) is 16.0. The van der Waals surface area contributed by atoms with Crippen molar-refractivity contribution >= 4 is 33.7 Å². The molecule has 2 aromatic heterocycles.